The van der Waals surface area contributed by atoms with Crippen molar-refractivity contribution in [2.75, 3.05) is 13.2 Å². The van der Waals surface area contributed by atoms with Gasteiger partial charge in [0.05, 0.1) is 0 Å². The van der Waals surface area contributed by atoms with E-state index in [0.29, 0.717) is 0 Å². The van der Waals surface area contributed by atoms with Gasteiger partial charge in [-0.25, -0.2) is 0 Å². The molecule has 1 fully saturated rings. The van der Waals surface area contributed by atoms with E-state index in [-0.39, 0.29) is 42.3 Å². The van der Waals surface area contributed by atoms with Crippen molar-refractivity contribution in [3.8, 4) is 0 Å². The third-order valence-corrected chi connectivity index (χ3v) is 3.83. The van der Waals surface area contributed by atoms with E-state index in [9.17, 15) is 0 Å². The van der Waals surface area contributed by atoms with E-state index in [4.69, 9.17) is 21.8 Å². The SMILES string of the molecule is OCC1C2C=CC(C2Cl)C1CO. The van der Waals surface area contributed by atoms with Gasteiger partial charge in [0.15, 0.2) is 0 Å². The number of halogens is 1. The normalized spacial score (nSPS) is 50.4. The highest BCUT2D eigenvalue weighted by Crippen LogP contribution is 2.50. The van der Waals surface area contributed by atoms with E-state index in [1.165, 1.54) is 0 Å². The zero-order valence-electron chi connectivity index (χ0n) is 6.73. The number of fused-ring (bicyclic) bond motifs is 2. The largest absolute Gasteiger partial charge is 0.396 e. The van der Waals surface area contributed by atoms with E-state index in [1.54, 1.807) is 0 Å². The van der Waals surface area contributed by atoms with E-state index in [0.717, 1.165) is 0 Å². The van der Waals surface area contributed by atoms with Crippen molar-refractivity contribution >= 4 is 11.6 Å². The average molecular weight is 189 g/mol. The summed E-state index contributed by atoms with van der Waals surface area (Å²) in [6.45, 7) is 0.278. The second-order valence-corrected chi connectivity index (χ2v) is 4.18. The Kier molecular flexibility index (Phi) is 2.15. The van der Waals surface area contributed by atoms with E-state index < -0.39 is 0 Å². The highest BCUT2D eigenvalue weighted by molar-refractivity contribution is 6.21. The van der Waals surface area contributed by atoms with Crippen molar-refractivity contribution in [3.63, 3.8) is 0 Å². The summed E-state index contributed by atoms with van der Waals surface area (Å²) in [6.07, 6.45) is 4.16. The van der Waals surface area contributed by atoms with Gasteiger partial charge in [0.1, 0.15) is 0 Å². The molecule has 4 unspecified atom stereocenters. The number of hydrogen-bond donors (Lipinski definition) is 2. The van der Waals surface area contributed by atoms with Crippen LogP contribution in [0.25, 0.3) is 0 Å². The van der Waals surface area contributed by atoms with Crippen LogP contribution in [0.5, 0.6) is 0 Å². The van der Waals surface area contributed by atoms with Crippen LogP contribution in [0.2, 0.25) is 0 Å². The van der Waals surface area contributed by atoms with E-state index >= 15 is 0 Å². The number of aliphatic hydroxyl groups is 2. The molecule has 2 N–H and O–H groups in total. The van der Waals surface area contributed by atoms with Crippen LogP contribution in [0.4, 0.5) is 0 Å². The number of alkyl halides is 1. The van der Waals surface area contributed by atoms with Gasteiger partial charge in [-0.3, -0.25) is 0 Å². The van der Waals surface area contributed by atoms with Crippen molar-refractivity contribution in [1.82, 2.24) is 0 Å². The third kappa shape index (κ3) is 0.951. The third-order valence-electron chi connectivity index (χ3n) is 3.25. The molecule has 2 aliphatic carbocycles. The van der Waals surface area contributed by atoms with Gasteiger partial charge in [-0.05, 0) is 23.7 Å². The van der Waals surface area contributed by atoms with Crippen LogP contribution >= 0.6 is 11.6 Å². The van der Waals surface area contributed by atoms with Crippen molar-refractivity contribution in [2.45, 2.75) is 5.38 Å². The van der Waals surface area contributed by atoms with Gasteiger partial charge in [-0.2, -0.15) is 0 Å². The molecule has 2 rings (SSSR count). The van der Waals surface area contributed by atoms with Crippen LogP contribution < -0.4 is 0 Å². The topological polar surface area (TPSA) is 40.5 Å². The lowest BCUT2D eigenvalue weighted by atomic mass is 9.84. The van der Waals surface area contributed by atoms with Crippen LogP contribution in [0.3, 0.4) is 0 Å². The summed E-state index contributed by atoms with van der Waals surface area (Å²) in [7, 11) is 0. The summed E-state index contributed by atoms with van der Waals surface area (Å²) in [6, 6.07) is 0. The van der Waals surface area contributed by atoms with Crippen molar-refractivity contribution < 1.29 is 10.2 Å². The fourth-order valence-corrected chi connectivity index (χ4v) is 3.11. The Morgan fingerprint density at radius 1 is 1.00 bits per heavy atom. The number of rotatable bonds is 2. The minimum atomic E-state index is 0.0966. The lowest BCUT2D eigenvalue weighted by Gasteiger charge is -2.23. The summed E-state index contributed by atoms with van der Waals surface area (Å²) in [4.78, 5) is 0. The lowest BCUT2D eigenvalue weighted by Crippen LogP contribution is -2.25. The fourth-order valence-electron chi connectivity index (χ4n) is 2.57. The molecule has 0 aromatic heterocycles. The molecule has 2 nitrogen and oxygen atoms in total. The van der Waals surface area contributed by atoms with Gasteiger partial charge in [0.25, 0.3) is 0 Å². The Hall–Kier alpha value is -0.0500. The maximum atomic E-state index is 9.10. The Morgan fingerprint density at radius 2 is 1.42 bits per heavy atom. The summed E-state index contributed by atoms with van der Waals surface area (Å²) in [5.74, 6) is 0.901. The first-order valence-corrected chi connectivity index (χ1v) is 4.77. The van der Waals surface area contributed by atoms with Crippen molar-refractivity contribution in [1.29, 1.82) is 0 Å². The Balaban J connectivity index is 2.21. The number of hydrogen-bond acceptors (Lipinski definition) is 2. The second kappa shape index (κ2) is 3.02. The summed E-state index contributed by atoms with van der Waals surface area (Å²) < 4.78 is 0. The van der Waals surface area contributed by atoms with Gasteiger partial charge in [0, 0.05) is 18.6 Å². The molecule has 2 bridgehead atoms. The smallest absolute Gasteiger partial charge is 0.0469 e. The molecule has 0 radical (unpaired) electrons. The highest BCUT2D eigenvalue weighted by Gasteiger charge is 2.50. The summed E-state index contributed by atoms with van der Waals surface area (Å²) in [5.41, 5.74) is 0. The van der Waals surface area contributed by atoms with Crippen LogP contribution in [-0.2, 0) is 0 Å². The van der Waals surface area contributed by atoms with Crippen molar-refractivity contribution in [3.05, 3.63) is 12.2 Å². The molecular weight excluding hydrogens is 176 g/mol. The van der Waals surface area contributed by atoms with Crippen LogP contribution in [-0.4, -0.2) is 28.8 Å². The van der Waals surface area contributed by atoms with Gasteiger partial charge in [-0.1, -0.05) is 12.2 Å². The zero-order chi connectivity index (χ0) is 8.72. The first-order chi connectivity index (χ1) is 5.79. The maximum Gasteiger partial charge on any atom is 0.0469 e. The first kappa shape index (κ1) is 8.54. The standard InChI is InChI=1S/C9H13ClO2/c10-9-5-1-2-6(9)8(4-12)7(5)3-11/h1-2,5-9,11-12H,3-4H2. The van der Waals surface area contributed by atoms with E-state index in [2.05, 4.69) is 12.2 Å². The number of aliphatic hydroxyl groups excluding tert-OH is 2. The van der Waals surface area contributed by atoms with Gasteiger partial charge in [0.2, 0.25) is 0 Å². The predicted molar refractivity (Wildman–Crippen MR) is 46.9 cm³/mol. The monoisotopic (exact) mass is 188 g/mol. The van der Waals surface area contributed by atoms with Crippen LogP contribution in [0, 0.1) is 23.7 Å². The molecule has 0 spiro atoms. The molecule has 0 aliphatic heterocycles. The maximum absolute atomic E-state index is 9.10. The van der Waals surface area contributed by atoms with E-state index in [1.807, 2.05) is 0 Å². The predicted octanol–water partition coefficient (Wildman–Crippen LogP) is 0.627. The molecule has 3 heteroatoms. The minimum Gasteiger partial charge on any atom is -0.396 e. The molecule has 2 aliphatic rings. The average Bonchev–Trinajstić information content (AvgIpc) is 2.58. The second-order valence-electron chi connectivity index (χ2n) is 3.68. The Labute approximate surface area is 76.8 Å². The van der Waals surface area contributed by atoms with Crippen molar-refractivity contribution in [2.24, 2.45) is 23.7 Å². The molecule has 4 atom stereocenters. The molecule has 0 saturated heterocycles. The fraction of sp³-hybridized carbons (Fsp3) is 0.778. The molecule has 1 saturated carbocycles. The molecular formula is C9H13ClO2. The zero-order valence-corrected chi connectivity index (χ0v) is 7.48. The quantitative estimate of drug-likeness (QED) is 0.493. The Morgan fingerprint density at radius 3 is 1.75 bits per heavy atom. The molecule has 0 heterocycles. The van der Waals surface area contributed by atoms with Gasteiger partial charge in [-0.15, -0.1) is 11.6 Å². The molecule has 68 valence electrons. The molecule has 0 amide bonds. The van der Waals surface area contributed by atoms with Crippen LogP contribution in [0.1, 0.15) is 0 Å². The minimum absolute atomic E-state index is 0.0966. The summed E-state index contributed by atoms with van der Waals surface area (Å²) >= 11 is 6.14. The van der Waals surface area contributed by atoms with Crippen LogP contribution in [0.15, 0.2) is 12.2 Å². The summed E-state index contributed by atoms with van der Waals surface area (Å²) in [5, 5.41) is 18.3. The Bertz CT molecular complexity index is 185. The molecule has 0 aromatic rings. The van der Waals surface area contributed by atoms with Gasteiger partial charge < -0.3 is 10.2 Å². The van der Waals surface area contributed by atoms with Gasteiger partial charge >= 0.3 is 0 Å². The molecule has 0 aromatic carbocycles. The lowest BCUT2D eigenvalue weighted by molar-refractivity contribution is 0.112. The number of allylic oxidation sites excluding steroid dienone is 2. The highest BCUT2D eigenvalue weighted by atomic mass is 35.5. The first-order valence-electron chi connectivity index (χ1n) is 4.33. The molecule has 12 heavy (non-hydrogen) atoms.